The van der Waals surface area contributed by atoms with E-state index in [0.29, 0.717) is 23.2 Å². The lowest BCUT2D eigenvalue weighted by atomic mass is 10.0. The Bertz CT molecular complexity index is 557. The molecule has 126 valence electrons. The molecule has 0 saturated carbocycles. The minimum atomic E-state index is 0.0466. The molecule has 0 aromatic heterocycles. The van der Waals surface area contributed by atoms with E-state index in [0.717, 1.165) is 25.1 Å². The Hall–Kier alpha value is -2.17. The van der Waals surface area contributed by atoms with E-state index < -0.39 is 0 Å². The summed E-state index contributed by atoms with van der Waals surface area (Å²) >= 11 is 0. The number of piperidine rings is 1. The molecular weight excluding hydrogens is 294 g/mol. The third kappa shape index (κ3) is 4.18. The average Bonchev–Trinajstić information content (AvgIpc) is 2.58. The maximum absolute atomic E-state index is 12.3. The molecule has 5 nitrogen and oxygen atoms in total. The largest absolute Gasteiger partial charge is 0.493 e. The highest BCUT2D eigenvalue weighted by Crippen LogP contribution is 2.38. The van der Waals surface area contributed by atoms with E-state index >= 15 is 0 Å². The number of rotatable bonds is 5. The van der Waals surface area contributed by atoms with Crippen LogP contribution in [0, 0.1) is 5.92 Å². The SMILES string of the molecule is COc1cc(C=CC(=O)N2CCCC(C)C2)cc(OC)c1OC. The van der Waals surface area contributed by atoms with Gasteiger partial charge >= 0.3 is 0 Å². The van der Waals surface area contributed by atoms with Crippen LogP contribution in [0.3, 0.4) is 0 Å². The van der Waals surface area contributed by atoms with Gasteiger partial charge in [0.1, 0.15) is 0 Å². The first-order valence-electron chi connectivity index (χ1n) is 7.86. The quantitative estimate of drug-likeness (QED) is 0.783. The number of carbonyl (C=O) groups excluding carboxylic acids is 1. The van der Waals surface area contributed by atoms with Gasteiger partial charge in [-0.3, -0.25) is 4.79 Å². The molecular formula is C18H25NO4. The fraction of sp³-hybridized carbons (Fsp3) is 0.500. The molecule has 1 amide bonds. The summed E-state index contributed by atoms with van der Waals surface area (Å²) in [6.45, 7) is 3.85. The minimum absolute atomic E-state index is 0.0466. The van der Waals surface area contributed by atoms with Crippen molar-refractivity contribution in [2.24, 2.45) is 5.92 Å². The van der Waals surface area contributed by atoms with Gasteiger partial charge in [0.05, 0.1) is 21.3 Å². The van der Waals surface area contributed by atoms with Crippen LogP contribution in [-0.4, -0.2) is 45.2 Å². The van der Waals surface area contributed by atoms with Gasteiger partial charge in [-0.1, -0.05) is 6.92 Å². The molecule has 23 heavy (non-hydrogen) atoms. The molecule has 1 aliphatic rings. The van der Waals surface area contributed by atoms with Gasteiger partial charge in [0.25, 0.3) is 0 Å². The summed E-state index contributed by atoms with van der Waals surface area (Å²) in [5, 5.41) is 0. The van der Waals surface area contributed by atoms with Crippen molar-refractivity contribution in [2.75, 3.05) is 34.4 Å². The van der Waals surface area contributed by atoms with Crippen LogP contribution in [0.15, 0.2) is 18.2 Å². The average molecular weight is 319 g/mol. The number of nitrogens with zero attached hydrogens (tertiary/aromatic N) is 1. The molecule has 0 aliphatic carbocycles. The van der Waals surface area contributed by atoms with E-state index in [1.54, 1.807) is 33.5 Å². The minimum Gasteiger partial charge on any atom is -0.493 e. The molecule has 0 N–H and O–H groups in total. The maximum atomic E-state index is 12.3. The number of hydrogen-bond acceptors (Lipinski definition) is 4. The molecule has 0 spiro atoms. The van der Waals surface area contributed by atoms with Gasteiger partial charge in [0.15, 0.2) is 11.5 Å². The van der Waals surface area contributed by atoms with Crippen LogP contribution >= 0.6 is 0 Å². The maximum Gasteiger partial charge on any atom is 0.246 e. The van der Waals surface area contributed by atoms with Crippen LogP contribution in [0.4, 0.5) is 0 Å². The molecule has 1 atom stereocenters. The van der Waals surface area contributed by atoms with Crippen LogP contribution in [0.5, 0.6) is 17.2 Å². The van der Waals surface area contributed by atoms with E-state index in [1.807, 2.05) is 17.0 Å². The van der Waals surface area contributed by atoms with Crippen molar-refractivity contribution in [2.45, 2.75) is 19.8 Å². The lowest BCUT2D eigenvalue weighted by molar-refractivity contribution is -0.127. The summed E-state index contributed by atoms with van der Waals surface area (Å²) in [5.41, 5.74) is 0.831. The summed E-state index contributed by atoms with van der Waals surface area (Å²) in [6, 6.07) is 3.65. The Balaban J connectivity index is 2.17. The fourth-order valence-electron chi connectivity index (χ4n) is 2.86. The zero-order valence-electron chi connectivity index (χ0n) is 14.3. The predicted molar refractivity (Wildman–Crippen MR) is 90.1 cm³/mol. The van der Waals surface area contributed by atoms with E-state index in [-0.39, 0.29) is 5.91 Å². The monoisotopic (exact) mass is 319 g/mol. The van der Waals surface area contributed by atoms with Crippen molar-refractivity contribution in [3.05, 3.63) is 23.8 Å². The zero-order valence-corrected chi connectivity index (χ0v) is 14.3. The molecule has 1 aromatic carbocycles. The summed E-state index contributed by atoms with van der Waals surface area (Å²) in [6.07, 6.45) is 5.66. The highest BCUT2D eigenvalue weighted by molar-refractivity contribution is 5.92. The lowest BCUT2D eigenvalue weighted by Gasteiger charge is -2.30. The van der Waals surface area contributed by atoms with Gasteiger partial charge < -0.3 is 19.1 Å². The van der Waals surface area contributed by atoms with Gasteiger partial charge in [-0.15, -0.1) is 0 Å². The third-order valence-electron chi connectivity index (χ3n) is 4.07. The molecule has 5 heteroatoms. The van der Waals surface area contributed by atoms with Crippen molar-refractivity contribution < 1.29 is 19.0 Å². The number of methoxy groups -OCH3 is 3. The Morgan fingerprint density at radius 2 is 1.83 bits per heavy atom. The van der Waals surface area contributed by atoms with E-state index in [2.05, 4.69) is 6.92 Å². The smallest absolute Gasteiger partial charge is 0.246 e. The van der Waals surface area contributed by atoms with Crippen LogP contribution in [0.2, 0.25) is 0 Å². The topological polar surface area (TPSA) is 48.0 Å². The van der Waals surface area contributed by atoms with E-state index in [9.17, 15) is 4.79 Å². The lowest BCUT2D eigenvalue weighted by Crippen LogP contribution is -2.38. The number of amides is 1. The second kappa shape index (κ2) is 7.90. The molecule has 0 radical (unpaired) electrons. The molecule has 2 rings (SSSR count). The number of carbonyl (C=O) groups is 1. The van der Waals surface area contributed by atoms with Crippen molar-refractivity contribution in [1.82, 2.24) is 4.90 Å². The highest BCUT2D eigenvalue weighted by atomic mass is 16.5. The molecule has 1 aliphatic heterocycles. The van der Waals surface area contributed by atoms with Gasteiger partial charge in [-0.05, 0) is 42.5 Å². The van der Waals surface area contributed by atoms with Crippen LogP contribution in [-0.2, 0) is 4.79 Å². The van der Waals surface area contributed by atoms with Gasteiger partial charge in [0.2, 0.25) is 11.7 Å². The van der Waals surface area contributed by atoms with Crippen molar-refractivity contribution in [1.29, 1.82) is 0 Å². The second-order valence-corrected chi connectivity index (χ2v) is 5.82. The van der Waals surface area contributed by atoms with E-state index in [4.69, 9.17) is 14.2 Å². The van der Waals surface area contributed by atoms with Gasteiger partial charge in [-0.2, -0.15) is 0 Å². The Morgan fingerprint density at radius 1 is 1.17 bits per heavy atom. The summed E-state index contributed by atoms with van der Waals surface area (Å²) < 4.78 is 15.9. The number of ether oxygens (including phenoxy) is 3. The van der Waals surface area contributed by atoms with Crippen LogP contribution in [0.25, 0.3) is 6.08 Å². The summed E-state index contributed by atoms with van der Waals surface area (Å²) in [7, 11) is 4.72. The molecule has 1 heterocycles. The van der Waals surface area contributed by atoms with Crippen LogP contribution in [0.1, 0.15) is 25.3 Å². The standard InChI is InChI=1S/C18H25NO4/c1-13-6-5-9-19(12-13)17(20)8-7-14-10-15(21-2)18(23-4)16(11-14)22-3/h7-8,10-11,13H,5-6,9,12H2,1-4H3. The Morgan fingerprint density at radius 3 is 2.35 bits per heavy atom. The van der Waals surface area contributed by atoms with Gasteiger partial charge in [0, 0.05) is 19.2 Å². The van der Waals surface area contributed by atoms with Crippen LogP contribution < -0.4 is 14.2 Å². The first kappa shape index (κ1) is 17.2. The van der Waals surface area contributed by atoms with Crippen molar-refractivity contribution in [3.8, 4) is 17.2 Å². The third-order valence-corrected chi connectivity index (χ3v) is 4.07. The van der Waals surface area contributed by atoms with E-state index in [1.165, 1.54) is 6.42 Å². The summed E-state index contributed by atoms with van der Waals surface area (Å²) in [4.78, 5) is 14.2. The summed E-state index contributed by atoms with van der Waals surface area (Å²) in [5.74, 6) is 2.31. The van der Waals surface area contributed by atoms with Crippen molar-refractivity contribution in [3.63, 3.8) is 0 Å². The zero-order chi connectivity index (χ0) is 16.8. The fourth-order valence-corrected chi connectivity index (χ4v) is 2.86. The molecule has 0 bridgehead atoms. The highest BCUT2D eigenvalue weighted by Gasteiger charge is 2.19. The Kier molecular flexibility index (Phi) is 5.90. The number of benzene rings is 1. The number of likely N-dealkylation sites (tertiary alicyclic amines) is 1. The normalized spacial score (nSPS) is 18.1. The van der Waals surface area contributed by atoms with Gasteiger partial charge in [-0.25, -0.2) is 0 Å². The number of hydrogen-bond donors (Lipinski definition) is 0. The molecule has 1 unspecified atom stereocenters. The Labute approximate surface area is 137 Å². The molecule has 1 saturated heterocycles. The second-order valence-electron chi connectivity index (χ2n) is 5.82. The predicted octanol–water partition coefficient (Wildman–Crippen LogP) is 2.98. The van der Waals surface area contributed by atoms with Crippen molar-refractivity contribution >= 4 is 12.0 Å². The molecule has 1 fully saturated rings. The molecule has 1 aromatic rings. The first-order chi connectivity index (χ1) is 11.1. The first-order valence-corrected chi connectivity index (χ1v) is 7.86.